The minimum atomic E-state index is -1.01. The van der Waals surface area contributed by atoms with Gasteiger partial charge < -0.3 is 14.6 Å². The van der Waals surface area contributed by atoms with Crippen LogP contribution in [-0.4, -0.2) is 72.7 Å². The number of piperidine rings is 1. The van der Waals surface area contributed by atoms with E-state index in [4.69, 9.17) is 14.6 Å². The average molecular weight is 400 g/mol. The molecule has 0 radical (unpaired) electrons. The third-order valence-electron chi connectivity index (χ3n) is 4.47. The molecule has 0 aromatic heterocycles. The van der Waals surface area contributed by atoms with Crippen LogP contribution in [0.25, 0.3) is 0 Å². The Balaban J connectivity index is 1.70. The molecule has 1 unspecified atom stereocenters. The van der Waals surface area contributed by atoms with Crippen molar-refractivity contribution >= 4 is 23.6 Å². The molecular weight excluding hydrogens is 380 g/mol. The van der Waals surface area contributed by atoms with Gasteiger partial charge in [0.25, 0.3) is 11.8 Å². The zero-order valence-electron chi connectivity index (χ0n) is 15.6. The molecule has 9 heteroatoms. The predicted molar refractivity (Wildman–Crippen MR) is 98.7 cm³/mol. The molecule has 0 bridgehead atoms. The molecule has 2 aliphatic rings. The highest BCUT2D eigenvalue weighted by molar-refractivity contribution is 6.24. The normalized spacial score (nSPS) is 18.4. The van der Waals surface area contributed by atoms with Gasteiger partial charge in [0.1, 0.15) is 12.6 Å². The molecule has 3 rings (SSSR count). The summed E-state index contributed by atoms with van der Waals surface area (Å²) < 4.78 is 10.3. The predicted octanol–water partition coefficient (Wildman–Crippen LogP) is -0.535. The van der Waals surface area contributed by atoms with E-state index in [2.05, 4.69) is 17.2 Å². The number of carbonyl (C=O) groups is 4. The SMILES string of the molecule is O=C1CCC(N2C(=O)c3cccc(C#CCOCCOCCO)c3C2=O)C(=O)N1. The van der Waals surface area contributed by atoms with Crippen LogP contribution in [0.1, 0.15) is 39.1 Å². The molecule has 0 saturated carbocycles. The molecule has 1 saturated heterocycles. The molecule has 2 heterocycles. The lowest BCUT2D eigenvalue weighted by atomic mass is 10.0. The number of nitrogens with one attached hydrogen (secondary N) is 1. The van der Waals surface area contributed by atoms with Gasteiger partial charge in [-0.05, 0) is 18.6 Å². The number of rotatable bonds is 7. The zero-order valence-corrected chi connectivity index (χ0v) is 15.6. The smallest absolute Gasteiger partial charge is 0.263 e. The standard InChI is InChI=1S/C20H20N2O7/c23-8-10-29-12-11-28-9-2-4-13-3-1-5-14-17(13)20(27)22(19(14)26)15-6-7-16(24)21-18(15)25/h1,3,5,15,23H,6-12H2,(H,21,24,25). The zero-order chi connectivity index (χ0) is 20.8. The number of hydrogen-bond acceptors (Lipinski definition) is 7. The number of carbonyl (C=O) groups excluding carboxylic acids is 4. The quantitative estimate of drug-likeness (QED) is 0.358. The van der Waals surface area contributed by atoms with Gasteiger partial charge in [-0.1, -0.05) is 17.9 Å². The van der Waals surface area contributed by atoms with Crippen LogP contribution in [0.2, 0.25) is 0 Å². The van der Waals surface area contributed by atoms with Crippen LogP contribution in [0.3, 0.4) is 0 Å². The molecule has 29 heavy (non-hydrogen) atoms. The third-order valence-corrected chi connectivity index (χ3v) is 4.47. The first-order chi connectivity index (χ1) is 14.0. The Morgan fingerprint density at radius 1 is 1.10 bits per heavy atom. The lowest BCUT2D eigenvalue weighted by Gasteiger charge is -2.27. The van der Waals surface area contributed by atoms with E-state index < -0.39 is 29.7 Å². The number of amides is 4. The summed E-state index contributed by atoms with van der Waals surface area (Å²) in [4.78, 5) is 50.0. The van der Waals surface area contributed by atoms with Crippen LogP contribution in [0.15, 0.2) is 18.2 Å². The highest BCUT2D eigenvalue weighted by Crippen LogP contribution is 2.29. The van der Waals surface area contributed by atoms with Gasteiger partial charge in [-0.2, -0.15) is 0 Å². The average Bonchev–Trinajstić information content (AvgIpc) is 2.95. The van der Waals surface area contributed by atoms with E-state index in [-0.39, 0.29) is 43.8 Å². The molecule has 0 aliphatic carbocycles. The van der Waals surface area contributed by atoms with Gasteiger partial charge in [-0.15, -0.1) is 0 Å². The van der Waals surface area contributed by atoms with Gasteiger partial charge in [0.2, 0.25) is 11.8 Å². The van der Waals surface area contributed by atoms with Gasteiger partial charge in [0, 0.05) is 12.0 Å². The summed E-state index contributed by atoms with van der Waals surface area (Å²) in [5.41, 5.74) is 0.710. The molecule has 1 aromatic carbocycles. The van der Waals surface area contributed by atoms with Crippen molar-refractivity contribution in [2.45, 2.75) is 18.9 Å². The van der Waals surface area contributed by atoms with E-state index >= 15 is 0 Å². The topological polar surface area (TPSA) is 122 Å². The fourth-order valence-corrected chi connectivity index (χ4v) is 3.16. The van der Waals surface area contributed by atoms with Crippen molar-refractivity contribution in [1.82, 2.24) is 10.2 Å². The van der Waals surface area contributed by atoms with Gasteiger partial charge in [0.15, 0.2) is 0 Å². The molecule has 9 nitrogen and oxygen atoms in total. The Morgan fingerprint density at radius 3 is 2.66 bits per heavy atom. The lowest BCUT2D eigenvalue weighted by Crippen LogP contribution is -2.54. The first-order valence-electron chi connectivity index (χ1n) is 9.14. The van der Waals surface area contributed by atoms with Crippen LogP contribution in [0, 0.1) is 11.8 Å². The number of aliphatic hydroxyl groups excluding tert-OH is 1. The second-order valence-electron chi connectivity index (χ2n) is 6.37. The van der Waals surface area contributed by atoms with Crippen molar-refractivity contribution in [2.24, 2.45) is 0 Å². The largest absolute Gasteiger partial charge is 0.394 e. The molecule has 2 N–H and O–H groups in total. The summed E-state index contributed by atoms with van der Waals surface area (Å²) in [5.74, 6) is 3.38. The molecule has 4 amide bonds. The summed E-state index contributed by atoms with van der Waals surface area (Å²) in [5, 5.41) is 10.8. The van der Waals surface area contributed by atoms with Crippen molar-refractivity contribution in [3.63, 3.8) is 0 Å². The maximum Gasteiger partial charge on any atom is 0.263 e. The fraction of sp³-hybridized carbons (Fsp3) is 0.400. The molecule has 152 valence electrons. The number of fused-ring (bicyclic) bond motifs is 1. The molecule has 1 fully saturated rings. The number of ether oxygens (including phenoxy) is 2. The van der Waals surface area contributed by atoms with E-state index in [0.29, 0.717) is 18.8 Å². The maximum absolute atomic E-state index is 12.9. The first-order valence-corrected chi connectivity index (χ1v) is 9.14. The van der Waals surface area contributed by atoms with Crippen molar-refractivity contribution in [1.29, 1.82) is 0 Å². The van der Waals surface area contributed by atoms with E-state index in [1.807, 2.05) is 0 Å². The molecule has 0 spiro atoms. The Morgan fingerprint density at radius 2 is 1.90 bits per heavy atom. The van der Waals surface area contributed by atoms with E-state index in [0.717, 1.165) is 4.90 Å². The molecular formula is C20H20N2O7. The second-order valence-corrected chi connectivity index (χ2v) is 6.37. The van der Waals surface area contributed by atoms with Gasteiger partial charge in [0.05, 0.1) is 37.6 Å². The van der Waals surface area contributed by atoms with Crippen LogP contribution < -0.4 is 5.32 Å². The van der Waals surface area contributed by atoms with Crippen molar-refractivity contribution in [2.75, 3.05) is 33.0 Å². The molecule has 1 atom stereocenters. The summed E-state index contributed by atoms with van der Waals surface area (Å²) in [6, 6.07) is 3.74. The number of aliphatic hydroxyl groups is 1. The summed E-state index contributed by atoms with van der Waals surface area (Å²) in [6.07, 6.45) is 0.166. The number of hydrogen-bond donors (Lipinski definition) is 2. The van der Waals surface area contributed by atoms with Crippen LogP contribution in [-0.2, 0) is 19.1 Å². The van der Waals surface area contributed by atoms with Gasteiger partial charge >= 0.3 is 0 Å². The fourth-order valence-electron chi connectivity index (χ4n) is 3.16. The first kappa shape index (κ1) is 20.7. The molecule has 2 aliphatic heterocycles. The Kier molecular flexibility index (Phi) is 6.72. The molecule has 1 aromatic rings. The van der Waals surface area contributed by atoms with E-state index in [9.17, 15) is 19.2 Å². The number of imide groups is 2. The Labute approximate surface area is 167 Å². The van der Waals surface area contributed by atoms with Crippen molar-refractivity contribution in [3.05, 3.63) is 34.9 Å². The van der Waals surface area contributed by atoms with Crippen LogP contribution in [0.5, 0.6) is 0 Å². The van der Waals surface area contributed by atoms with E-state index in [1.54, 1.807) is 12.1 Å². The van der Waals surface area contributed by atoms with Gasteiger partial charge in [-0.25, -0.2) is 0 Å². The minimum Gasteiger partial charge on any atom is -0.394 e. The monoisotopic (exact) mass is 400 g/mol. The lowest BCUT2D eigenvalue weighted by molar-refractivity contribution is -0.136. The van der Waals surface area contributed by atoms with Crippen molar-refractivity contribution in [3.8, 4) is 11.8 Å². The summed E-state index contributed by atoms with van der Waals surface area (Å²) in [6.45, 7) is 0.927. The Bertz CT molecular complexity index is 900. The van der Waals surface area contributed by atoms with Crippen molar-refractivity contribution < 1.29 is 33.8 Å². The number of benzene rings is 1. The maximum atomic E-state index is 12.9. The third kappa shape index (κ3) is 4.51. The number of nitrogens with zero attached hydrogens (tertiary/aromatic N) is 1. The van der Waals surface area contributed by atoms with Crippen LogP contribution >= 0.6 is 0 Å². The van der Waals surface area contributed by atoms with Crippen LogP contribution in [0.4, 0.5) is 0 Å². The Hall–Kier alpha value is -3.06. The highest BCUT2D eigenvalue weighted by atomic mass is 16.5. The summed E-state index contributed by atoms with van der Waals surface area (Å²) in [7, 11) is 0. The summed E-state index contributed by atoms with van der Waals surface area (Å²) >= 11 is 0. The minimum absolute atomic E-state index is 0.0541. The van der Waals surface area contributed by atoms with E-state index in [1.165, 1.54) is 6.07 Å². The second kappa shape index (κ2) is 9.43. The highest BCUT2D eigenvalue weighted by Gasteiger charge is 2.45. The van der Waals surface area contributed by atoms with Gasteiger partial charge in [-0.3, -0.25) is 29.4 Å².